The quantitative estimate of drug-likeness (QED) is 0.298. The van der Waals surface area contributed by atoms with Gasteiger partial charge in [0.05, 0.1) is 26.7 Å². The summed E-state index contributed by atoms with van der Waals surface area (Å²) in [4.78, 5) is 15.7. The fourth-order valence-corrected chi connectivity index (χ4v) is 4.76. The Hall–Kier alpha value is -2.99. The lowest BCUT2D eigenvalue weighted by Crippen LogP contribution is -2.20. The predicted octanol–water partition coefficient (Wildman–Crippen LogP) is 3.68. The molecule has 0 spiro atoms. The van der Waals surface area contributed by atoms with Gasteiger partial charge in [-0.1, -0.05) is 17.9 Å². The molecule has 3 heterocycles. The number of aliphatic hydroxyl groups excluding tert-OH is 2. The Labute approximate surface area is 198 Å². The molecule has 0 amide bonds. The largest absolute Gasteiger partial charge is 0.396 e. The summed E-state index contributed by atoms with van der Waals surface area (Å²) in [5.41, 5.74) is 2.52. The third-order valence-electron chi connectivity index (χ3n) is 5.68. The average Bonchev–Trinajstić information content (AvgIpc) is 3.49. The summed E-state index contributed by atoms with van der Waals surface area (Å²) in [6.45, 7) is 2.88. The van der Waals surface area contributed by atoms with Gasteiger partial charge in [0, 0.05) is 32.0 Å². The number of anilines is 2. The lowest BCUT2D eigenvalue weighted by Gasteiger charge is -2.17. The third kappa shape index (κ3) is 6.08. The van der Waals surface area contributed by atoms with E-state index in [0.29, 0.717) is 30.6 Å². The minimum Gasteiger partial charge on any atom is -0.396 e. The standard InChI is InChI=1S/C25H29N5O2S/c1-17-21(10-8-20-9-11-23(33-20)22-5-2-3-12-26-22)24(29-19-7-6-18(15-19)16-32)30-25(28-17)27-13-4-14-31/h2-3,5,9,11-12,18-19,31-32H,4,6-7,13-16H2,1H3,(H2,27,28,29,30). The van der Waals surface area contributed by atoms with Crippen LogP contribution in [0.3, 0.4) is 0 Å². The second-order valence-corrected chi connectivity index (χ2v) is 9.28. The highest BCUT2D eigenvalue weighted by Gasteiger charge is 2.25. The SMILES string of the molecule is Cc1nc(NCCCO)nc(NC2CCC(CO)C2)c1C#Cc1ccc(-c2ccccn2)s1. The Morgan fingerprint density at radius 3 is 2.79 bits per heavy atom. The summed E-state index contributed by atoms with van der Waals surface area (Å²) in [6, 6.07) is 10.2. The number of hydrogen-bond acceptors (Lipinski definition) is 8. The molecule has 0 bridgehead atoms. The average molecular weight is 464 g/mol. The smallest absolute Gasteiger partial charge is 0.224 e. The van der Waals surface area contributed by atoms with Crippen molar-refractivity contribution < 1.29 is 10.2 Å². The van der Waals surface area contributed by atoms with Crippen molar-refractivity contribution in [1.82, 2.24) is 15.0 Å². The monoisotopic (exact) mass is 463 g/mol. The molecule has 1 fully saturated rings. The van der Waals surface area contributed by atoms with E-state index < -0.39 is 0 Å². The molecule has 2 unspecified atom stereocenters. The van der Waals surface area contributed by atoms with Crippen LogP contribution in [0.4, 0.5) is 11.8 Å². The number of rotatable bonds is 8. The van der Waals surface area contributed by atoms with Crippen molar-refractivity contribution in [3.63, 3.8) is 0 Å². The maximum atomic E-state index is 9.50. The van der Waals surface area contributed by atoms with E-state index in [4.69, 9.17) is 10.1 Å². The zero-order valence-electron chi connectivity index (χ0n) is 18.7. The fourth-order valence-electron chi connectivity index (χ4n) is 3.93. The van der Waals surface area contributed by atoms with E-state index in [-0.39, 0.29) is 19.3 Å². The van der Waals surface area contributed by atoms with Gasteiger partial charge in [0.15, 0.2) is 0 Å². The van der Waals surface area contributed by atoms with Gasteiger partial charge in [0.1, 0.15) is 5.82 Å². The first kappa shape index (κ1) is 23.2. The number of aromatic nitrogens is 3. The molecule has 0 aromatic carbocycles. The van der Waals surface area contributed by atoms with Gasteiger partial charge in [-0.2, -0.15) is 4.98 Å². The van der Waals surface area contributed by atoms with Crippen LogP contribution < -0.4 is 10.6 Å². The van der Waals surface area contributed by atoms with E-state index in [2.05, 4.69) is 32.4 Å². The van der Waals surface area contributed by atoms with Crippen molar-refractivity contribution in [3.05, 3.63) is 52.7 Å². The Morgan fingerprint density at radius 1 is 1.12 bits per heavy atom. The molecule has 3 aromatic rings. The van der Waals surface area contributed by atoms with E-state index in [1.54, 1.807) is 17.5 Å². The molecule has 3 aromatic heterocycles. The summed E-state index contributed by atoms with van der Waals surface area (Å²) in [7, 11) is 0. The summed E-state index contributed by atoms with van der Waals surface area (Å²) >= 11 is 1.61. The van der Waals surface area contributed by atoms with Crippen molar-refractivity contribution in [2.45, 2.75) is 38.6 Å². The third-order valence-corrected chi connectivity index (χ3v) is 6.71. The molecule has 0 radical (unpaired) electrons. The minimum absolute atomic E-state index is 0.118. The first-order valence-corrected chi connectivity index (χ1v) is 12.1. The molecule has 1 aliphatic rings. The van der Waals surface area contributed by atoms with Crippen LogP contribution in [0.5, 0.6) is 0 Å². The van der Waals surface area contributed by atoms with E-state index in [0.717, 1.165) is 46.0 Å². The molecule has 1 saturated carbocycles. The Bertz CT molecular complexity index is 1120. The van der Waals surface area contributed by atoms with Crippen LogP contribution in [0, 0.1) is 24.7 Å². The van der Waals surface area contributed by atoms with Gasteiger partial charge in [0.2, 0.25) is 5.95 Å². The maximum absolute atomic E-state index is 9.50. The van der Waals surface area contributed by atoms with Crippen LogP contribution in [0.25, 0.3) is 10.6 Å². The molecule has 33 heavy (non-hydrogen) atoms. The van der Waals surface area contributed by atoms with Crippen molar-refractivity contribution >= 4 is 23.1 Å². The van der Waals surface area contributed by atoms with E-state index >= 15 is 0 Å². The normalized spacial score (nSPS) is 17.4. The zero-order valence-corrected chi connectivity index (χ0v) is 19.5. The number of pyridine rings is 1. The Kier molecular flexibility index (Phi) is 7.89. The van der Waals surface area contributed by atoms with Crippen LogP contribution in [0.1, 0.15) is 41.8 Å². The summed E-state index contributed by atoms with van der Waals surface area (Å²) in [5.74, 6) is 8.14. The van der Waals surface area contributed by atoms with E-state index in [9.17, 15) is 5.11 Å². The maximum Gasteiger partial charge on any atom is 0.224 e. The highest BCUT2D eigenvalue weighted by atomic mass is 32.1. The van der Waals surface area contributed by atoms with Gasteiger partial charge in [-0.05, 0) is 62.8 Å². The molecule has 4 rings (SSSR count). The van der Waals surface area contributed by atoms with Gasteiger partial charge >= 0.3 is 0 Å². The van der Waals surface area contributed by atoms with Crippen molar-refractivity contribution in [1.29, 1.82) is 0 Å². The van der Waals surface area contributed by atoms with Gasteiger partial charge in [-0.15, -0.1) is 11.3 Å². The van der Waals surface area contributed by atoms with E-state index in [1.165, 1.54) is 0 Å². The summed E-state index contributed by atoms with van der Waals surface area (Å²) in [5, 5.41) is 25.3. The molecule has 8 heteroatoms. The topological polar surface area (TPSA) is 103 Å². The first-order chi connectivity index (χ1) is 16.2. The predicted molar refractivity (Wildman–Crippen MR) is 132 cm³/mol. The summed E-state index contributed by atoms with van der Waals surface area (Å²) < 4.78 is 0. The molecule has 2 atom stereocenters. The van der Waals surface area contributed by atoms with Gasteiger partial charge < -0.3 is 20.8 Å². The minimum atomic E-state index is 0.118. The van der Waals surface area contributed by atoms with Crippen LogP contribution in [0.2, 0.25) is 0 Å². The highest BCUT2D eigenvalue weighted by molar-refractivity contribution is 7.16. The Balaban J connectivity index is 1.59. The van der Waals surface area contributed by atoms with Gasteiger partial charge in [-0.25, -0.2) is 4.98 Å². The lowest BCUT2D eigenvalue weighted by molar-refractivity contribution is 0.229. The number of nitrogens with one attached hydrogen (secondary N) is 2. The van der Waals surface area contributed by atoms with Gasteiger partial charge in [-0.3, -0.25) is 4.98 Å². The van der Waals surface area contributed by atoms with Crippen molar-refractivity contribution in [2.75, 3.05) is 30.4 Å². The zero-order chi connectivity index (χ0) is 23.0. The van der Waals surface area contributed by atoms with Crippen molar-refractivity contribution in [3.8, 4) is 22.4 Å². The Morgan fingerprint density at radius 2 is 2.03 bits per heavy atom. The number of aliphatic hydroxyl groups is 2. The van der Waals surface area contributed by atoms with Crippen LogP contribution in [0.15, 0.2) is 36.5 Å². The van der Waals surface area contributed by atoms with Crippen molar-refractivity contribution in [2.24, 2.45) is 5.92 Å². The number of aryl methyl sites for hydroxylation is 1. The fraction of sp³-hybridized carbons (Fsp3) is 0.400. The molecule has 0 aliphatic heterocycles. The number of thiophene rings is 1. The van der Waals surface area contributed by atoms with Crippen LogP contribution in [-0.4, -0.2) is 51.0 Å². The molecule has 172 valence electrons. The number of hydrogen-bond donors (Lipinski definition) is 4. The van der Waals surface area contributed by atoms with E-state index in [1.807, 2.05) is 37.3 Å². The molecule has 4 N–H and O–H groups in total. The molecular formula is C25H29N5O2S. The second kappa shape index (κ2) is 11.2. The summed E-state index contributed by atoms with van der Waals surface area (Å²) in [6.07, 6.45) is 5.33. The number of nitrogens with zero attached hydrogens (tertiary/aromatic N) is 3. The molecule has 1 aliphatic carbocycles. The lowest BCUT2D eigenvalue weighted by atomic mass is 10.1. The van der Waals surface area contributed by atoms with Crippen LogP contribution in [-0.2, 0) is 0 Å². The molecular weight excluding hydrogens is 434 g/mol. The molecule has 0 saturated heterocycles. The van der Waals surface area contributed by atoms with Crippen LogP contribution >= 0.6 is 11.3 Å². The molecule has 7 nitrogen and oxygen atoms in total. The van der Waals surface area contributed by atoms with Gasteiger partial charge in [0.25, 0.3) is 0 Å². The second-order valence-electron chi connectivity index (χ2n) is 8.19. The first-order valence-electron chi connectivity index (χ1n) is 11.3. The highest BCUT2D eigenvalue weighted by Crippen LogP contribution is 2.29.